The van der Waals surface area contributed by atoms with Gasteiger partial charge in [0.1, 0.15) is 28.2 Å². The maximum absolute atomic E-state index is 12.5. The van der Waals surface area contributed by atoms with Crippen LogP contribution in [0.2, 0.25) is 25.1 Å². The summed E-state index contributed by atoms with van der Waals surface area (Å²) in [4.78, 5) is 12.5. The monoisotopic (exact) mass is 534 g/mol. The molecule has 0 saturated carbocycles. The van der Waals surface area contributed by atoms with Crippen molar-refractivity contribution < 1.29 is 23.4 Å². The van der Waals surface area contributed by atoms with Gasteiger partial charge in [-0.1, -0.05) is 58.0 Å². The van der Waals surface area contributed by atoms with E-state index in [1.165, 1.54) is 20.3 Å². The van der Waals surface area contributed by atoms with Gasteiger partial charge in [-0.25, -0.2) is 0 Å². The molecule has 0 unspecified atom stereocenters. The highest BCUT2D eigenvalue weighted by Crippen LogP contribution is 2.48. The average Bonchev–Trinajstić information content (AvgIpc) is 3.27. The standard InChI is InChI=1S/C22H15Cl5O5/c1-29-15-8-3-11(9-16(15)30-2)14(28)7-6-12-4-5-13(32-12)10-31-22-20(26)18(24)17(23)19(25)21(22)27/h3-9H,10H2,1-2H3/b7-6+. The topological polar surface area (TPSA) is 57.9 Å². The molecule has 0 atom stereocenters. The number of methoxy groups -OCH3 is 2. The number of allylic oxidation sites excluding steroid dienone is 1. The van der Waals surface area contributed by atoms with Crippen LogP contribution in [0.1, 0.15) is 21.9 Å². The van der Waals surface area contributed by atoms with Gasteiger partial charge in [0.15, 0.2) is 23.0 Å². The van der Waals surface area contributed by atoms with Gasteiger partial charge in [0.05, 0.1) is 29.3 Å². The van der Waals surface area contributed by atoms with Crippen LogP contribution in [-0.2, 0) is 6.61 Å². The molecule has 0 fully saturated rings. The molecule has 0 spiro atoms. The predicted octanol–water partition coefficient (Wildman–Crippen LogP) is 8.04. The Balaban J connectivity index is 1.69. The number of ketones is 1. The third kappa shape index (κ3) is 5.30. The highest BCUT2D eigenvalue weighted by molar-refractivity contribution is 6.55. The van der Waals surface area contributed by atoms with Crippen molar-refractivity contribution in [1.82, 2.24) is 0 Å². The van der Waals surface area contributed by atoms with Crippen LogP contribution < -0.4 is 14.2 Å². The number of rotatable bonds is 8. The van der Waals surface area contributed by atoms with Crippen LogP contribution in [-0.4, -0.2) is 20.0 Å². The molecule has 0 aliphatic rings. The van der Waals surface area contributed by atoms with Crippen molar-refractivity contribution in [2.45, 2.75) is 6.61 Å². The summed E-state index contributed by atoms with van der Waals surface area (Å²) >= 11 is 30.3. The fourth-order valence-corrected chi connectivity index (χ4v) is 3.89. The zero-order chi connectivity index (χ0) is 23.4. The SMILES string of the molecule is COc1ccc(C(=O)/C=C/c2ccc(COc3c(Cl)c(Cl)c(Cl)c(Cl)c3Cl)o2)cc1OC. The lowest BCUT2D eigenvalue weighted by molar-refractivity contribution is 0.104. The lowest BCUT2D eigenvalue weighted by atomic mass is 10.1. The summed E-state index contributed by atoms with van der Waals surface area (Å²) in [7, 11) is 3.02. The van der Waals surface area contributed by atoms with Gasteiger partial charge >= 0.3 is 0 Å². The van der Waals surface area contributed by atoms with Crippen molar-refractivity contribution in [3.05, 3.63) is 78.6 Å². The number of hydrogen-bond acceptors (Lipinski definition) is 5. The first-order valence-corrected chi connectivity index (χ1v) is 10.8. The second-order valence-corrected chi connectivity index (χ2v) is 8.15. The Bertz CT molecular complexity index is 1160. The minimum absolute atomic E-state index is 0.00873. The third-order valence-corrected chi connectivity index (χ3v) is 6.52. The van der Waals surface area contributed by atoms with E-state index in [9.17, 15) is 4.79 Å². The zero-order valence-corrected chi connectivity index (χ0v) is 20.5. The Kier molecular flexibility index (Phi) is 8.26. The first-order valence-electron chi connectivity index (χ1n) is 8.94. The van der Waals surface area contributed by atoms with Crippen LogP contribution >= 0.6 is 58.0 Å². The number of carbonyl (C=O) groups is 1. The molecule has 1 heterocycles. The van der Waals surface area contributed by atoms with Gasteiger partial charge in [-0.2, -0.15) is 0 Å². The number of hydrogen-bond donors (Lipinski definition) is 0. The summed E-state index contributed by atoms with van der Waals surface area (Å²) in [6, 6.07) is 8.27. The summed E-state index contributed by atoms with van der Waals surface area (Å²) in [5.74, 6) is 1.75. The molecule has 10 heteroatoms. The molecule has 0 aliphatic heterocycles. The van der Waals surface area contributed by atoms with Crippen molar-refractivity contribution in [1.29, 1.82) is 0 Å². The molecule has 3 rings (SSSR count). The summed E-state index contributed by atoms with van der Waals surface area (Å²) < 4.78 is 21.7. The van der Waals surface area contributed by atoms with Crippen LogP contribution in [0.4, 0.5) is 0 Å². The molecule has 168 valence electrons. The smallest absolute Gasteiger partial charge is 0.186 e. The summed E-state index contributed by atoms with van der Waals surface area (Å²) in [5.41, 5.74) is 0.440. The Morgan fingerprint density at radius 3 is 2.12 bits per heavy atom. The Hall–Kier alpha value is -2.02. The van der Waals surface area contributed by atoms with Gasteiger partial charge in [-0.15, -0.1) is 0 Å². The normalized spacial score (nSPS) is 11.1. The van der Waals surface area contributed by atoms with Crippen molar-refractivity contribution >= 4 is 69.9 Å². The van der Waals surface area contributed by atoms with Crippen molar-refractivity contribution in [2.75, 3.05) is 14.2 Å². The van der Waals surface area contributed by atoms with E-state index < -0.39 is 0 Å². The first-order chi connectivity index (χ1) is 15.3. The lowest BCUT2D eigenvalue weighted by Crippen LogP contribution is -1.97. The Morgan fingerprint density at radius 2 is 1.50 bits per heavy atom. The molecule has 2 aromatic carbocycles. The molecule has 0 N–H and O–H groups in total. The second-order valence-electron chi connectivity index (χ2n) is 6.26. The molecule has 5 nitrogen and oxygen atoms in total. The van der Waals surface area contributed by atoms with E-state index in [1.54, 1.807) is 36.4 Å². The van der Waals surface area contributed by atoms with Crippen molar-refractivity contribution in [3.8, 4) is 17.2 Å². The van der Waals surface area contributed by atoms with E-state index in [4.69, 9.17) is 76.6 Å². The Morgan fingerprint density at radius 1 is 0.875 bits per heavy atom. The predicted molar refractivity (Wildman–Crippen MR) is 127 cm³/mol. The number of halogens is 5. The van der Waals surface area contributed by atoms with Crippen LogP contribution in [0.3, 0.4) is 0 Å². The average molecular weight is 537 g/mol. The minimum Gasteiger partial charge on any atom is -0.493 e. The number of benzene rings is 2. The molecule has 1 aromatic heterocycles. The van der Waals surface area contributed by atoms with Gasteiger partial charge in [-0.3, -0.25) is 4.79 Å². The van der Waals surface area contributed by atoms with E-state index in [2.05, 4.69) is 0 Å². The van der Waals surface area contributed by atoms with Crippen LogP contribution in [0.15, 0.2) is 40.8 Å². The maximum atomic E-state index is 12.5. The zero-order valence-electron chi connectivity index (χ0n) is 16.7. The maximum Gasteiger partial charge on any atom is 0.186 e. The number of ether oxygens (including phenoxy) is 3. The van der Waals surface area contributed by atoms with Crippen LogP contribution in [0.5, 0.6) is 17.2 Å². The van der Waals surface area contributed by atoms with E-state index in [-0.39, 0.29) is 43.3 Å². The molecule has 0 saturated heterocycles. The number of carbonyl (C=O) groups excluding carboxylic acids is 1. The van der Waals surface area contributed by atoms with E-state index in [0.717, 1.165) is 0 Å². The summed E-state index contributed by atoms with van der Waals surface area (Å²) in [5, 5.41) is 0.195. The van der Waals surface area contributed by atoms with Gasteiger partial charge in [-0.05, 0) is 42.5 Å². The van der Waals surface area contributed by atoms with Gasteiger partial charge < -0.3 is 18.6 Å². The van der Waals surface area contributed by atoms with Gasteiger partial charge in [0.2, 0.25) is 0 Å². The van der Waals surface area contributed by atoms with Crippen molar-refractivity contribution in [2.24, 2.45) is 0 Å². The lowest BCUT2D eigenvalue weighted by Gasteiger charge is -2.12. The molecule has 3 aromatic rings. The van der Waals surface area contributed by atoms with Gasteiger partial charge in [0.25, 0.3) is 0 Å². The van der Waals surface area contributed by atoms with Crippen LogP contribution in [0.25, 0.3) is 6.08 Å². The molecule has 0 bridgehead atoms. The largest absolute Gasteiger partial charge is 0.493 e. The quantitative estimate of drug-likeness (QED) is 0.126. The highest BCUT2D eigenvalue weighted by Gasteiger charge is 2.21. The van der Waals surface area contributed by atoms with E-state index in [1.807, 2.05) is 0 Å². The van der Waals surface area contributed by atoms with Crippen molar-refractivity contribution in [3.63, 3.8) is 0 Å². The van der Waals surface area contributed by atoms with Gasteiger partial charge in [0, 0.05) is 5.56 Å². The fraction of sp³-hybridized carbons (Fsp3) is 0.136. The molecule has 0 amide bonds. The fourth-order valence-electron chi connectivity index (χ4n) is 2.66. The third-order valence-electron chi connectivity index (χ3n) is 4.28. The molecular weight excluding hydrogens is 522 g/mol. The molecule has 32 heavy (non-hydrogen) atoms. The summed E-state index contributed by atoms with van der Waals surface area (Å²) in [6.45, 7) is -0.00873. The first kappa shape index (κ1) is 24.6. The molecule has 0 aliphatic carbocycles. The Labute approximate surface area is 209 Å². The van der Waals surface area contributed by atoms with E-state index in [0.29, 0.717) is 28.6 Å². The number of furan rings is 1. The minimum atomic E-state index is -0.232. The summed E-state index contributed by atoms with van der Waals surface area (Å²) in [6.07, 6.45) is 2.93. The highest BCUT2D eigenvalue weighted by atomic mass is 35.5. The molecular formula is C22H15Cl5O5. The van der Waals surface area contributed by atoms with Crippen LogP contribution in [0, 0.1) is 0 Å². The second kappa shape index (κ2) is 10.7. The molecule has 0 radical (unpaired) electrons. The van der Waals surface area contributed by atoms with E-state index >= 15 is 0 Å².